The number of thiazole rings is 1. The molecule has 0 atom stereocenters. The average Bonchev–Trinajstić information content (AvgIpc) is 2.94. The molecule has 0 fully saturated rings. The minimum Gasteiger partial charge on any atom is -0.493 e. The second kappa shape index (κ2) is 7.43. The molecule has 0 amide bonds. The van der Waals surface area contributed by atoms with Crippen LogP contribution in [0.25, 0.3) is 10.6 Å². The van der Waals surface area contributed by atoms with Gasteiger partial charge in [-0.1, -0.05) is 19.9 Å². The van der Waals surface area contributed by atoms with E-state index in [0.717, 1.165) is 35.2 Å². The third-order valence-electron chi connectivity index (χ3n) is 3.04. The van der Waals surface area contributed by atoms with Crippen LogP contribution < -0.4 is 14.8 Å². The summed E-state index contributed by atoms with van der Waals surface area (Å²) in [5.41, 5.74) is 0.969. The van der Waals surface area contributed by atoms with Crippen molar-refractivity contribution in [2.45, 2.75) is 20.4 Å². The minimum absolute atomic E-state index is 0.649. The third kappa shape index (κ3) is 3.95. The predicted octanol–water partition coefficient (Wildman–Crippen LogP) is 3.57. The van der Waals surface area contributed by atoms with Gasteiger partial charge < -0.3 is 14.8 Å². The fraction of sp³-hybridized carbons (Fsp3) is 0.438. The maximum absolute atomic E-state index is 5.47. The fourth-order valence-electron chi connectivity index (χ4n) is 2.05. The molecule has 0 aliphatic carbocycles. The van der Waals surface area contributed by atoms with Crippen LogP contribution in [0.3, 0.4) is 0 Å². The zero-order valence-electron chi connectivity index (χ0n) is 13.0. The first kappa shape index (κ1) is 15.8. The highest BCUT2D eigenvalue weighted by Gasteiger charge is 2.14. The van der Waals surface area contributed by atoms with Crippen molar-refractivity contribution >= 4 is 11.3 Å². The monoisotopic (exact) mass is 306 g/mol. The molecule has 0 spiro atoms. The van der Waals surface area contributed by atoms with Gasteiger partial charge in [-0.2, -0.15) is 0 Å². The molecule has 0 unspecified atom stereocenters. The Kier molecular flexibility index (Phi) is 5.59. The molecular formula is C16H22N2O2S. The smallest absolute Gasteiger partial charge is 0.170 e. The molecular weight excluding hydrogens is 284 g/mol. The highest BCUT2D eigenvalue weighted by atomic mass is 32.1. The van der Waals surface area contributed by atoms with Crippen molar-refractivity contribution in [3.63, 3.8) is 0 Å². The zero-order valence-corrected chi connectivity index (χ0v) is 13.8. The molecule has 1 N–H and O–H groups in total. The lowest BCUT2D eigenvalue weighted by Gasteiger charge is -2.10. The standard InChI is InChI=1S/C16H22N2O2S/c1-11(2)8-17-9-12-10-18-16(21-12)13-6-5-7-14(19-3)15(13)20-4/h5-7,10-11,17H,8-9H2,1-4H3. The molecule has 1 heterocycles. The Bertz CT molecular complexity index is 581. The Morgan fingerprint density at radius 3 is 2.71 bits per heavy atom. The lowest BCUT2D eigenvalue weighted by atomic mass is 10.2. The van der Waals surface area contributed by atoms with E-state index in [4.69, 9.17) is 9.47 Å². The number of rotatable bonds is 7. The van der Waals surface area contributed by atoms with Gasteiger partial charge in [0.15, 0.2) is 11.5 Å². The molecule has 5 heteroatoms. The van der Waals surface area contributed by atoms with Crippen molar-refractivity contribution in [2.24, 2.45) is 5.92 Å². The Balaban J connectivity index is 2.17. The van der Waals surface area contributed by atoms with Gasteiger partial charge in [0.1, 0.15) is 5.01 Å². The van der Waals surface area contributed by atoms with Crippen LogP contribution in [0.1, 0.15) is 18.7 Å². The molecule has 2 aromatic rings. The van der Waals surface area contributed by atoms with Gasteiger partial charge in [0.05, 0.1) is 19.8 Å². The van der Waals surface area contributed by atoms with Crippen LogP contribution in [0.2, 0.25) is 0 Å². The van der Waals surface area contributed by atoms with Crippen LogP contribution in [0.5, 0.6) is 11.5 Å². The van der Waals surface area contributed by atoms with Gasteiger partial charge >= 0.3 is 0 Å². The van der Waals surface area contributed by atoms with Crippen LogP contribution in [0.15, 0.2) is 24.4 Å². The maximum Gasteiger partial charge on any atom is 0.170 e. The van der Waals surface area contributed by atoms with Gasteiger partial charge in [-0.15, -0.1) is 11.3 Å². The largest absolute Gasteiger partial charge is 0.493 e. The number of methoxy groups -OCH3 is 2. The van der Waals surface area contributed by atoms with E-state index in [-0.39, 0.29) is 0 Å². The molecule has 21 heavy (non-hydrogen) atoms. The molecule has 4 nitrogen and oxygen atoms in total. The van der Waals surface area contributed by atoms with Crippen LogP contribution in [-0.4, -0.2) is 25.7 Å². The van der Waals surface area contributed by atoms with Crippen molar-refractivity contribution in [2.75, 3.05) is 20.8 Å². The van der Waals surface area contributed by atoms with E-state index in [1.165, 1.54) is 4.88 Å². The molecule has 0 aliphatic rings. The van der Waals surface area contributed by atoms with Gasteiger partial charge in [-0.05, 0) is 24.6 Å². The highest BCUT2D eigenvalue weighted by molar-refractivity contribution is 7.15. The first-order chi connectivity index (χ1) is 10.2. The molecule has 0 bridgehead atoms. The first-order valence-corrected chi connectivity index (χ1v) is 7.84. The summed E-state index contributed by atoms with van der Waals surface area (Å²) >= 11 is 1.68. The predicted molar refractivity (Wildman–Crippen MR) is 87.2 cm³/mol. The van der Waals surface area contributed by atoms with E-state index in [0.29, 0.717) is 5.92 Å². The van der Waals surface area contributed by atoms with E-state index in [2.05, 4.69) is 24.1 Å². The SMILES string of the molecule is COc1cccc(-c2ncc(CNCC(C)C)s2)c1OC. The number of nitrogens with one attached hydrogen (secondary N) is 1. The number of nitrogens with zero attached hydrogens (tertiary/aromatic N) is 1. The van der Waals surface area contributed by atoms with E-state index >= 15 is 0 Å². The molecule has 114 valence electrons. The third-order valence-corrected chi connectivity index (χ3v) is 4.07. The van der Waals surface area contributed by atoms with Gasteiger partial charge in [-0.25, -0.2) is 4.98 Å². The van der Waals surface area contributed by atoms with E-state index in [1.54, 1.807) is 25.6 Å². The maximum atomic E-state index is 5.47. The summed E-state index contributed by atoms with van der Waals surface area (Å²) in [4.78, 5) is 5.73. The molecule has 0 radical (unpaired) electrons. The summed E-state index contributed by atoms with van der Waals surface area (Å²) in [5.74, 6) is 2.11. The number of aromatic nitrogens is 1. The van der Waals surface area contributed by atoms with Crippen LogP contribution in [0, 0.1) is 5.92 Å². The summed E-state index contributed by atoms with van der Waals surface area (Å²) in [6, 6.07) is 5.85. The van der Waals surface area contributed by atoms with Crippen molar-refractivity contribution < 1.29 is 9.47 Å². The normalized spacial score (nSPS) is 10.9. The molecule has 2 rings (SSSR count). The van der Waals surface area contributed by atoms with Gasteiger partial charge in [-0.3, -0.25) is 0 Å². The number of benzene rings is 1. The second-order valence-electron chi connectivity index (χ2n) is 5.20. The fourth-order valence-corrected chi connectivity index (χ4v) is 2.96. The van der Waals surface area contributed by atoms with E-state index in [1.807, 2.05) is 24.4 Å². The topological polar surface area (TPSA) is 43.4 Å². The Morgan fingerprint density at radius 2 is 2.05 bits per heavy atom. The van der Waals surface area contributed by atoms with Crippen LogP contribution >= 0.6 is 11.3 Å². The number of ether oxygens (including phenoxy) is 2. The summed E-state index contributed by atoms with van der Waals surface area (Å²) in [7, 11) is 3.30. The van der Waals surface area contributed by atoms with Crippen LogP contribution in [-0.2, 0) is 6.54 Å². The second-order valence-corrected chi connectivity index (χ2v) is 6.31. The molecule has 1 aromatic carbocycles. The summed E-state index contributed by atoms with van der Waals surface area (Å²) in [6.07, 6.45) is 1.92. The number of hydrogen-bond acceptors (Lipinski definition) is 5. The van der Waals surface area contributed by atoms with Crippen molar-refractivity contribution in [1.29, 1.82) is 0 Å². The molecule has 1 aromatic heterocycles. The molecule has 0 aliphatic heterocycles. The molecule has 0 saturated carbocycles. The summed E-state index contributed by atoms with van der Waals surface area (Å²) in [6.45, 7) is 6.26. The van der Waals surface area contributed by atoms with Crippen molar-refractivity contribution in [3.05, 3.63) is 29.3 Å². The van der Waals surface area contributed by atoms with E-state index < -0.39 is 0 Å². The quantitative estimate of drug-likeness (QED) is 0.849. The number of hydrogen-bond donors (Lipinski definition) is 1. The highest BCUT2D eigenvalue weighted by Crippen LogP contribution is 2.39. The van der Waals surface area contributed by atoms with E-state index in [9.17, 15) is 0 Å². The average molecular weight is 306 g/mol. The van der Waals surface area contributed by atoms with Crippen LogP contribution in [0.4, 0.5) is 0 Å². The summed E-state index contributed by atoms with van der Waals surface area (Å²) in [5, 5.41) is 4.38. The minimum atomic E-state index is 0.649. The molecule has 0 saturated heterocycles. The first-order valence-electron chi connectivity index (χ1n) is 7.02. The summed E-state index contributed by atoms with van der Waals surface area (Å²) < 4.78 is 10.8. The van der Waals surface area contributed by atoms with Gasteiger partial charge in [0.25, 0.3) is 0 Å². The Labute approximate surface area is 130 Å². The zero-order chi connectivity index (χ0) is 15.2. The van der Waals surface area contributed by atoms with Gasteiger partial charge in [0.2, 0.25) is 0 Å². The number of para-hydroxylation sites is 1. The van der Waals surface area contributed by atoms with Crippen molar-refractivity contribution in [1.82, 2.24) is 10.3 Å². The Hall–Kier alpha value is -1.59. The van der Waals surface area contributed by atoms with Gasteiger partial charge in [0, 0.05) is 17.6 Å². The Morgan fingerprint density at radius 1 is 1.24 bits per heavy atom. The van der Waals surface area contributed by atoms with Crippen molar-refractivity contribution in [3.8, 4) is 22.1 Å². The lowest BCUT2D eigenvalue weighted by molar-refractivity contribution is 0.356. The lowest BCUT2D eigenvalue weighted by Crippen LogP contribution is -2.18.